The van der Waals surface area contributed by atoms with Crippen molar-refractivity contribution in [3.05, 3.63) is 60.2 Å². The van der Waals surface area contributed by atoms with Gasteiger partial charge in [-0.3, -0.25) is 4.79 Å². The van der Waals surface area contributed by atoms with E-state index in [-0.39, 0.29) is 17.2 Å². The first kappa shape index (κ1) is 15.5. The van der Waals surface area contributed by atoms with Crippen molar-refractivity contribution >= 4 is 29.0 Å². The Balaban J connectivity index is 1.86. The van der Waals surface area contributed by atoms with Gasteiger partial charge >= 0.3 is 11.9 Å². The second kappa shape index (κ2) is 6.41. The van der Waals surface area contributed by atoms with Crippen LogP contribution in [-0.4, -0.2) is 28.7 Å². The Labute approximate surface area is 137 Å². The maximum Gasteiger partial charge on any atom is 0.337 e. The van der Waals surface area contributed by atoms with Gasteiger partial charge in [-0.2, -0.15) is 10.2 Å². The van der Waals surface area contributed by atoms with Gasteiger partial charge < -0.3 is 5.11 Å². The molecule has 2 N–H and O–H groups in total. The highest BCUT2D eigenvalue weighted by atomic mass is 16.4. The summed E-state index contributed by atoms with van der Waals surface area (Å²) in [6, 6.07) is 14.6. The lowest BCUT2D eigenvalue weighted by molar-refractivity contribution is -0.455. The summed E-state index contributed by atoms with van der Waals surface area (Å²) >= 11 is 0. The fourth-order valence-electron chi connectivity index (χ4n) is 2.37. The van der Waals surface area contributed by atoms with E-state index in [1.54, 1.807) is 37.3 Å². The number of hydrogen-bond acceptors (Lipinski definition) is 4. The molecule has 1 amide bonds. The molecule has 3 rings (SSSR count). The van der Waals surface area contributed by atoms with Crippen molar-refractivity contribution in [1.29, 1.82) is 0 Å². The molecule has 1 aliphatic rings. The van der Waals surface area contributed by atoms with Crippen LogP contribution in [0.15, 0.2) is 64.8 Å². The maximum atomic E-state index is 12.5. The molecule has 0 fully saturated rings. The largest absolute Gasteiger partial charge is 0.478 e. The number of anilines is 1. The molecule has 1 aliphatic heterocycles. The monoisotopic (exact) mass is 323 g/mol. The lowest BCUT2D eigenvalue weighted by Gasteiger charge is -2.06. The van der Waals surface area contributed by atoms with E-state index in [0.29, 0.717) is 11.4 Å². The standard InChI is InChI=1S/C17H14N4O3/c1-11-15(16(22)21(20-11)12-7-3-2-4-8-12)19-18-14-10-6-5-9-13(14)17(23)24/h2-10,15H,1H3,(H,23,24)/p+1. The summed E-state index contributed by atoms with van der Waals surface area (Å²) in [6.07, 6.45) is 0. The molecule has 1 heterocycles. The highest BCUT2D eigenvalue weighted by Crippen LogP contribution is 2.20. The zero-order valence-electron chi connectivity index (χ0n) is 12.9. The predicted octanol–water partition coefficient (Wildman–Crippen LogP) is 1.34. The Morgan fingerprint density at radius 3 is 2.50 bits per heavy atom. The van der Waals surface area contributed by atoms with Crippen molar-refractivity contribution in [2.24, 2.45) is 10.2 Å². The van der Waals surface area contributed by atoms with E-state index in [9.17, 15) is 9.59 Å². The molecule has 0 radical (unpaired) electrons. The average molecular weight is 323 g/mol. The van der Waals surface area contributed by atoms with Crippen LogP contribution in [0.25, 0.3) is 0 Å². The first-order valence-corrected chi connectivity index (χ1v) is 7.30. The summed E-state index contributed by atoms with van der Waals surface area (Å²) in [4.78, 5) is 23.7. The molecule has 7 nitrogen and oxygen atoms in total. The van der Waals surface area contributed by atoms with E-state index >= 15 is 0 Å². The van der Waals surface area contributed by atoms with Crippen LogP contribution in [0.4, 0.5) is 11.4 Å². The number of para-hydroxylation sites is 1. The number of carboxylic acid groups (broad SMARTS) is 1. The summed E-state index contributed by atoms with van der Waals surface area (Å²) in [5.41, 5.74) is 1.58. The molecule has 7 heteroatoms. The molecule has 1 atom stereocenters. The van der Waals surface area contributed by atoms with E-state index < -0.39 is 12.0 Å². The van der Waals surface area contributed by atoms with Gasteiger partial charge in [-0.15, -0.1) is 5.10 Å². The second-order valence-corrected chi connectivity index (χ2v) is 5.24. The van der Waals surface area contributed by atoms with Crippen molar-refractivity contribution in [2.45, 2.75) is 13.0 Å². The van der Waals surface area contributed by atoms with Crippen LogP contribution in [0, 0.1) is 0 Å². The average Bonchev–Trinajstić information content (AvgIpc) is 2.88. The number of carbonyl (C=O) groups excluding carboxylic acids is 1. The van der Waals surface area contributed by atoms with Crippen molar-refractivity contribution < 1.29 is 19.8 Å². The van der Waals surface area contributed by atoms with Crippen LogP contribution in [0.1, 0.15) is 17.3 Å². The lowest BCUT2D eigenvalue weighted by Crippen LogP contribution is -2.81. The Bertz CT molecular complexity index is 846. The summed E-state index contributed by atoms with van der Waals surface area (Å²) < 4.78 is 0. The fraction of sp³-hybridized carbons (Fsp3) is 0.118. The van der Waals surface area contributed by atoms with Crippen LogP contribution in [0.3, 0.4) is 0 Å². The number of hydrazine groups is 1. The molecular weight excluding hydrogens is 308 g/mol. The van der Waals surface area contributed by atoms with Gasteiger partial charge in [0, 0.05) is 6.92 Å². The SMILES string of the molecule is CC1=[NH+]N(c2ccccc2)C(=O)C1N=Nc1ccccc1C(=O)O. The quantitative estimate of drug-likeness (QED) is 0.831. The highest BCUT2D eigenvalue weighted by molar-refractivity contribution is 6.13. The number of carbonyl (C=O) groups is 2. The van der Waals surface area contributed by atoms with Gasteiger partial charge in [0.25, 0.3) is 0 Å². The van der Waals surface area contributed by atoms with Gasteiger partial charge in [0.15, 0.2) is 0 Å². The first-order chi connectivity index (χ1) is 11.6. The number of amides is 1. The fourth-order valence-corrected chi connectivity index (χ4v) is 2.37. The van der Waals surface area contributed by atoms with Crippen molar-refractivity contribution in [3.8, 4) is 0 Å². The normalized spacial score (nSPS) is 17.4. The Morgan fingerprint density at radius 1 is 1.12 bits per heavy atom. The summed E-state index contributed by atoms with van der Waals surface area (Å²) in [6.45, 7) is 1.74. The molecule has 2 aromatic rings. The van der Waals surface area contributed by atoms with Gasteiger partial charge in [-0.05, 0) is 24.3 Å². The number of azo groups is 1. The van der Waals surface area contributed by atoms with Crippen LogP contribution >= 0.6 is 0 Å². The number of aromatic carboxylic acids is 1. The molecule has 120 valence electrons. The minimum Gasteiger partial charge on any atom is -0.478 e. The number of carboxylic acids is 1. The lowest BCUT2D eigenvalue weighted by atomic mass is 10.2. The van der Waals surface area contributed by atoms with E-state index in [1.807, 2.05) is 18.2 Å². The highest BCUT2D eigenvalue weighted by Gasteiger charge is 2.41. The van der Waals surface area contributed by atoms with E-state index in [2.05, 4.69) is 15.3 Å². The van der Waals surface area contributed by atoms with Crippen molar-refractivity contribution in [2.75, 3.05) is 5.01 Å². The Kier molecular flexibility index (Phi) is 4.15. The smallest absolute Gasteiger partial charge is 0.337 e. The van der Waals surface area contributed by atoms with Crippen LogP contribution in [0.2, 0.25) is 0 Å². The second-order valence-electron chi connectivity index (χ2n) is 5.24. The topological polar surface area (TPSA) is 96.3 Å². The molecule has 0 spiro atoms. The number of hydrazone groups is 1. The van der Waals surface area contributed by atoms with Crippen molar-refractivity contribution in [3.63, 3.8) is 0 Å². The van der Waals surface area contributed by atoms with Crippen LogP contribution < -0.4 is 10.1 Å². The Hall–Kier alpha value is -3.35. The number of hydrogen-bond donors (Lipinski definition) is 2. The maximum absolute atomic E-state index is 12.5. The van der Waals surface area contributed by atoms with Gasteiger partial charge in [-0.1, -0.05) is 35.3 Å². The predicted molar refractivity (Wildman–Crippen MR) is 87.3 cm³/mol. The minimum absolute atomic E-state index is 0.0391. The number of nitrogens with one attached hydrogen (secondary N) is 1. The third kappa shape index (κ3) is 2.91. The molecule has 2 aromatic carbocycles. The molecule has 24 heavy (non-hydrogen) atoms. The Morgan fingerprint density at radius 2 is 1.79 bits per heavy atom. The zero-order chi connectivity index (χ0) is 17.1. The third-order valence-electron chi connectivity index (χ3n) is 3.58. The molecule has 1 unspecified atom stereocenters. The van der Waals surface area contributed by atoms with E-state index in [0.717, 1.165) is 0 Å². The first-order valence-electron chi connectivity index (χ1n) is 7.30. The molecule has 0 aliphatic carbocycles. The summed E-state index contributed by atoms with van der Waals surface area (Å²) in [7, 11) is 0. The molecule has 0 bridgehead atoms. The van der Waals surface area contributed by atoms with Crippen molar-refractivity contribution in [1.82, 2.24) is 0 Å². The van der Waals surface area contributed by atoms with E-state index in [1.165, 1.54) is 11.1 Å². The zero-order valence-corrected chi connectivity index (χ0v) is 12.9. The summed E-state index contributed by atoms with van der Waals surface area (Å²) in [5.74, 6) is -1.36. The van der Waals surface area contributed by atoms with Gasteiger partial charge in [0.05, 0.1) is 11.3 Å². The van der Waals surface area contributed by atoms with Gasteiger partial charge in [0.2, 0.25) is 11.8 Å². The van der Waals surface area contributed by atoms with E-state index in [4.69, 9.17) is 5.11 Å². The van der Waals surface area contributed by atoms with Gasteiger partial charge in [0.1, 0.15) is 5.69 Å². The summed E-state index contributed by atoms with van der Waals surface area (Å²) in [5, 5.41) is 21.6. The minimum atomic E-state index is -1.09. The number of rotatable bonds is 4. The third-order valence-corrected chi connectivity index (χ3v) is 3.58. The molecule has 0 aromatic heterocycles. The van der Waals surface area contributed by atoms with Crippen LogP contribution in [0.5, 0.6) is 0 Å². The van der Waals surface area contributed by atoms with Crippen LogP contribution in [-0.2, 0) is 4.79 Å². The number of nitrogens with zero attached hydrogens (tertiary/aromatic N) is 3. The molecule has 0 saturated carbocycles. The number of benzene rings is 2. The van der Waals surface area contributed by atoms with Gasteiger partial charge in [-0.25, -0.2) is 4.79 Å². The molecular formula is C17H15N4O3+. The molecule has 0 saturated heterocycles.